The number of carbonyl (C=O) groups is 1. The van der Waals surface area contributed by atoms with Crippen LogP contribution < -0.4 is 0 Å². The predicted octanol–water partition coefficient (Wildman–Crippen LogP) is 2.97. The van der Waals surface area contributed by atoms with Crippen LogP contribution in [0.4, 0.5) is 13.2 Å². The van der Waals surface area contributed by atoms with Gasteiger partial charge in [0, 0.05) is 0 Å². The second-order valence-corrected chi connectivity index (χ2v) is 3.13. The van der Waals surface area contributed by atoms with Crippen molar-refractivity contribution in [1.82, 2.24) is 0 Å². The third-order valence-corrected chi connectivity index (χ3v) is 2.31. The zero-order valence-electron chi connectivity index (χ0n) is 6.11. The molecule has 1 rings (SSSR count). The number of halogens is 3. The van der Waals surface area contributed by atoms with Gasteiger partial charge >= 0.3 is 6.18 Å². The van der Waals surface area contributed by atoms with E-state index >= 15 is 0 Å². The summed E-state index contributed by atoms with van der Waals surface area (Å²) in [5.41, 5.74) is -0.833. The Balaban J connectivity index is 3.17. The van der Waals surface area contributed by atoms with Gasteiger partial charge in [0.15, 0.2) is 5.78 Å². The lowest BCUT2D eigenvalue weighted by Crippen LogP contribution is -2.08. The fourth-order valence-corrected chi connectivity index (χ4v) is 1.62. The second-order valence-electron chi connectivity index (χ2n) is 2.22. The molecular weight excluding hydrogens is 189 g/mol. The molecule has 0 aromatic carbocycles. The Labute approximate surface area is 70.8 Å². The zero-order chi connectivity index (χ0) is 9.35. The van der Waals surface area contributed by atoms with Crippen LogP contribution in [0.1, 0.15) is 22.2 Å². The van der Waals surface area contributed by atoms with Crippen LogP contribution in [-0.4, -0.2) is 5.78 Å². The largest absolute Gasteiger partial charge is 0.417 e. The number of thiophene rings is 1. The molecule has 0 radical (unpaired) electrons. The molecule has 1 heterocycles. The third kappa shape index (κ3) is 1.66. The molecule has 0 amide bonds. The molecular formula is C7H5F3OS. The molecule has 0 N–H and O–H groups in total. The molecule has 0 saturated carbocycles. The fraction of sp³-hybridized carbons (Fsp3) is 0.286. The van der Waals surface area contributed by atoms with Crippen LogP contribution in [0.25, 0.3) is 0 Å². The number of carbonyl (C=O) groups excluding carboxylic acids is 1. The Morgan fingerprint density at radius 2 is 2.08 bits per heavy atom. The highest BCUT2D eigenvalue weighted by Crippen LogP contribution is 2.34. The van der Waals surface area contributed by atoms with Crippen LogP contribution in [0, 0.1) is 0 Å². The Morgan fingerprint density at radius 1 is 1.50 bits per heavy atom. The van der Waals surface area contributed by atoms with Crippen LogP contribution in [0.3, 0.4) is 0 Å². The van der Waals surface area contributed by atoms with Crippen molar-refractivity contribution in [2.75, 3.05) is 0 Å². The summed E-state index contributed by atoms with van der Waals surface area (Å²) in [5.74, 6) is -0.544. The van der Waals surface area contributed by atoms with E-state index in [-0.39, 0.29) is 4.88 Å². The van der Waals surface area contributed by atoms with E-state index in [9.17, 15) is 18.0 Å². The predicted molar refractivity (Wildman–Crippen MR) is 39.3 cm³/mol. The smallest absolute Gasteiger partial charge is 0.294 e. The van der Waals surface area contributed by atoms with Crippen LogP contribution >= 0.6 is 11.3 Å². The van der Waals surface area contributed by atoms with E-state index in [4.69, 9.17) is 0 Å². The van der Waals surface area contributed by atoms with Gasteiger partial charge in [-0.25, -0.2) is 0 Å². The second kappa shape index (κ2) is 2.90. The minimum absolute atomic E-state index is 0.220. The summed E-state index contributed by atoms with van der Waals surface area (Å²) in [5, 5.41) is 1.26. The monoisotopic (exact) mass is 194 g/mol. The first kappa shape index (κ1) is 9.25. The van der Waals surface area contributed by atoms with Crippen LogP contribution in [0.2, 0.25) is 0 Å². The average molecular weight is 194 g/mol. The molecule has 0 spiro atoms. The zero-order valence-corrected chi connectivity index (χ0v) is 6.92. The fourth-order valence-electron chi connectivity index (χ4n) is 0.805. The van der Waals surface area contributed by atoms with E-state index in [0.717, 1.165) is 24.3 Å². The van der Waals surface area contributed by atoms with Crippen molar-refractivity contribution >= 4 is 17.1 Å². The number of alkyl halides is 3. The Bertz CT molecular complexity index is 300. The molecule has 0 aliphatic heterocycles. The van der Waals surface area contributed by atoms with Crippen molar-refractivity contribution < 1.29 is 18.0 Å². The third-order valence-electron chi connectivity index (χ3n) is 1.29. The molecule has 5 heteroatoms. The van der Waals surface area contributed by atoms with E-state index < -0.39 is 17.5 Å². The summed E-state index contributed by atoms with van der Waals surface area (Å²) < 4.78 is 36.3. The number of rotatable bonds is 1. The Morgan fingerprint density at radius 3 is 2.42 bits per heavy atom. The van der Waals surface area contributed by atoms with Gasteiger partial charge in [-0.05, 0) is 18.4 Å². The van der Waals surface area contributed by atoms with Gasteiger partial charge in [0.2, 0.25) is 0 Å². The molecule has 0 saturated heterocycles. The number of Topliss-reactive ketones (excluding diaryl/α,β-unsaturated/α-hetero) is 1. The lowest BCUT2D eigenvalue weighted by Gasteiger charge is -2.04. The maximum absolute atomic E-state index is 12.1. The van der Waals surface area contributed by atoms with Crippen LogP contribution in [0.5, 0.6) is 0 Å². The first-order valence-corrected chi connectivity index (χ1v) is 3.96. The average Bonchev–Trinajstić information content (AvgIpc) is 2.30. The highest BCUT2D eigenvalue weighted by molar-refractivity contribution is 7.12. The van der Waals surface area contributed by atoms with E-state index in [1.54, 1.807) is 0 Å². The van der Waals surface area contributed by atoms with E-state index in [0.29, 0.717) is 0 Å². The summed E-state index contributed by atoms with van der Waals surface area (Å²) in [6.07, 6.45) is -4.42. The lowest BCUT2D eigenvalue weighted by atomic mass is 10.2. The molecule has 0 atom stereocenters. The molecule has 0 aliphatic carbocycles. The van der Waals surface area contributed by atoms with E-state index in [1.807, 2.05) is 0 Å². The summed E-state index contributed by atoms with van der Waals surface area (Å²) in [4.78, 5) is 10.5. The van der Waals surface area contributed by atoms with Crippen molar-refractivity contribution in [3.8, 4) is 0 Å². The Kier molecular flexibility index (Phi) is 2.23. The Hall–Kier alpha value is -0.840. The van der Waals surface area contributed by atoms with Crippen molar-refractivity contribution in [1.29, 1.82) is 0 Å². The van der Waals surface area contributed by atoms with Crippen molar-refractivity contribution in [3.63, 3.8) is 0 Å². The first-order chi connectivity index (χ1) is 5.43. The van der Waals surface area contributed by atoms with Gasteiger partial charge in [-0.1, -0.05) is 0 Å². The minimum atomic E-state index is -4.42. The van der Waals surface area contributed by atoms with Gasteiger partial charge in [0.25, 0.3) is 0 Å². The SMILES string of the molecule is CC(=O)c1sccc1C(F)(F)F. The molecule has 1 aromatic rings. The number of hydrogen-bond acceptors (Lipinski definition) is 2. The standard InChI is InChI=1S/C7H5F3OS/c1-4(11)6-5(2-3-12-6)7(8,9)10/h2-3H,1H3. The molecule has 66 valence electrons. The molecule has 1 nitrogen and oxygen atoms in total. The van der Waals surface area contributed by atoms with Gasteiger partial charge in [-0.3, -0.25) is 4.79 Å². The summed E-state index contributed by atoms with van der Waals surface area (Å²) >= 11 is 0.815. The molecule has 0 aliphatic rings. The quantitative estimate of drug-likeness (QED) is 0.628. The number of ketones is 1. The van der Waals surface area contributed by atoms with Gasteiger partial charge in [0.1, 0.15) is 0 Å². The van der Waals surface area contributed by atoms with Gasteiger partial charge < -0.3 is 0 Å². The highest BCUT2D eigenvalue weighted by Gasteiger charge is 2.35. The maximum Gasteiger partial charge on any atom is 0.417 e. The molecule has 0 bridgehead atoms. The van der Waals surface area contributed by atoms with Gasteiger partial charge in [0.05, 0.1) is 10.4 Å². The summed E-state index contributed by atoms with van der Waals surface area (Å²) in [7, 11) is 0. The molecule has 0 fully saturated rings. The molecule has 0 unspecified atom stereocenters. The lowest BCUT2D eigenvalue weighted by molar-refractivity contribution is -0.137. The van der Waals surface area contributed by atoms with Crippen molar-refractivity contribution in [3.05, 3.63) is 21.9 Å². The normalized spacial score (nSPS) is 11.7. The minimum Gasteiger partial charge on any atom is -0.294 e. The van der Waals surface area contributed by atoms with Gasteiger partial charge in [-0.15, -0.1) is 11.3 Å². The first-order valence-electron chi connectivity index (χ1n) is 3.08. The van der Waals surface area contributed by atoms with Crippen LogP contribution in [-0.2, 0) is 6.18 Å². The van der Waals surface area contributed by atoms with Crippen molar-refractivity contribution in [2.24, 2.45) is 0 Å². The van der Waals surface area contributed by atoms with E-state index in [1.165, 1.54) is 5.38 Å². The topological polar surface area (TPSA) is 17.1 Å². The highest BCUT2D eigenvalue weighted by atomic mass is 32.1. The molecule has 1 aromatic heterocycles. The van der Waals surface area contributed by atoms with Crippen LogP contribution in [0.15, 0.2) is 11.4 Å². The summed E-state index contributed by atoms with van der Waals surface area (Å²) in [6.45, 7) is 1.13. The van der Waals surface area contributed by atoms with Crippen molar-refractivity contribution in [2.45, 2.75) is 13.1 Å². The number of hydrogen-bond donors (Lipinski definition) is 0. The van der Waals surface area contributed by atoms with E-state index in [2.05, 4.69) is 0 Å². The molecule has 12 heavy (non-hydrogen) atoms. The van der Waals surface area contributed by atoms with Gasteiger partial charge in [-0.2, -0.15) is 13.2 Å². The summed E-state index contributed by atoms with van der Waals surface area (Å²) in [6, 6.07) is 0.918. The maximum atomic E-state index is 12.1.